The van der Waals surface area contributed by atoms with Crippen LogP contribution in [0, 0.1) is 18.3 Å². The minimum Gasteiger partial charge on any atom is -0.352 e. The number of fused-ring (bicyclic) bond motifs is 1. The van der Waals surface area contributed by atoms with Crippen LogP contribution in [0.1, 0.15) is 80.4 Å². The van der Waals surface area contributed by atoms with Gasteiger partial charge in [0.05, 0.1) is 23.0 Å². The third-order valence-corrected chi connectivity index (χ3v) is 5.96. The molecule has 2 heterocycles. The molecule has 2 amide bonds. The molecule has 1 atom stereocenters. The summed E-state index contributed by atoms with van der Waals surface area (Å²) in [6.45, 7) is 5.44. The van der Waals surface area contributed by atoms with Gasteiger partial charge in [0.25, 0.3) is 11.8 Å². The number of carbonyl (C=O) groups is 2. The Labute approximate surface area is 227 Å². The zero-order valence-electron chi connectivity index (χ0n) is 22.7. The normalized spacial score (nSPS) is 17.2. The van der Waals surface area contributed by atoms with Crippen LogP contribution in [-0.2, 0) is 17.9 Å². The quantitative estimate of drug-likeness (QED) is 0.316. The molecule has 0 saturated heterocycles. The molecule has 0 aliphatic heterocycles. The van der Waals surface area contributed by atoms with Crippen molar-refractivity contribution in [1.29, 1.82) is 0 Å². The Morgan fingerprint density at radius 3 is 2.20 bits per heavy atom. The van der Waals surface area contributed by atoms with Gasteiger partial charge in [0.1, 0.15) is 11.5 Å². The SMILES string of the molecule is C1CC1.CC(C)(C)C(F)(F)F.Cc1nonc1C(=O)NCc1nc2ccc(CNC(=O)CC3CC3(F)F)cc2[nH]1. The van der Waals surface area contributed by atoms with E-state index in [1.807, 2.05) is 6.07 Å². The summed E-state index contributed by atoms with van der Waals surface area (Å²) in [5.74, 6) is -3.81. The van der Waals surface area contributed by atoms with Crippen molar-refractivity contribution >= 4 is 22.8 Å². The zero-order valence-corrected chi connectivity index (χ0v) is 22.7. The van der Waals surface area contributed by atoms with Crippen molar-refractivity contribution in [3.05, 3.63) is 41.0 Å². The number of aryl methyl sites for hydroxylation is 1. The van der Waals surface area contributed by atoms with Gasteiger partial charge in [0.15, 0.2) is 5.69 Å². The molecule has 2 aromatic heterocycles. The van der Waals surface area contributed by atoms with E-state index in [4.69, 9.17) is 0 Å². The predicted octanol–water partition coefficient (Wildman–Crippen LogP) is 5.61. The number of halogens is 5. The van der Waals surface area contributed by atoms with E-state index >= 15 is 0 Å². The van der Waals surface area contributed by atoms with Gasteiger partial charge in [-0.25, -0.2) is 18.4 Å². The van der Waals surface area contributed by atoms with Crippen LogP contribution < -0.4 is 10.6 Å². The van der Waals surface area contributed by atoms with Crippen molar-refractivity contribution in [2.45, 2.75) is 85.0 Å². The van der Waals surface area contributed by atoms with Crippen molar-refractivity contribution in [2.24, 2.45) is 11.3 Å². The topological polar surface area (TPSA) is 126 Å². The molecule has 5 rings (SSSR count). The van der Waals surface area contributed by atoms with Crippen molar-refractivity contribution in [3.8, 4) is 0 Å². The number of alkyl halides is 5. The van der Waals surface area contributed by atoms with E-state index in [2.05, 4.69) is 35.5 Å². The van der Waals surface area contributed by atoms with Crippen molar-refractivity contribution < 1.29 is 36.2 Å². The Morgan fingerprint density at radius 1 is 1.07 bits per heavy atom. The first kappa shape index (κ1) is 31.0. The van der Waals surface area contributed by atoms with Crippen LogP contribution in [-0.4, -0.2) is 44.2 Å². The highest BCUT2D eigenvalue weighted by atomic mass is 19.4. The molecule has 0 spiro atoms. The number of benzene rings is 1. The maximum Gasteiger partial charge on any atom is 0.393 e. The van der Waals surface area contributed by atoms with E-state index in [9.17, 15) is 31.5 Å². The second-order valence-corrected chi connectivity index (χ2v) is 10.9. The van der Waals surface area contributed by atoms with Crippen LogP contribution in [0.2, 0.25) is 0 Å². The highest BCUT2D eigenvalue weighted by molar-refractivity contribution is 5.92. The van der Waals surface area contributed by atoms with E-state index in [1.165, 1.54) is 19.3 Å². The third-order valence-electron chi connectivity index (χ3n) is 5.96. The van der Waals surface area contributed by atoms with Gasteiger partial charge in [-0.1, -0.05) is 51.3 Å². The number of hydrogen-bond acceptors (Lipinski definition) is 6. The second-order valence-electron chi connectivity index (χ2n) is 10.9. The lowest BCUT2D eigenvalue weighted by Gasteiger charge is -2.21. The summed E-state index contributed by atoms with van der Waals surface area (Å²) >= 11 is 0. The fraction of sp³-hybridized carbons (Fsp3) is 0.577. The van der Waals surface area contributed by atoms with Gasteiger partial charge in [0.2, 0.25) is 5.91 Å². The van der Waals surface area contributed by atoms with Crippen molar-refractivity contribution in [3.63, 3.8) is 0 Å². The molecular formula is C26H33F5N6O3. The van der Waals surface area contributed by atoms with Gasteiger partial charge in [-0.05, 0) is 29.8 Å². The summed E-state index contributed by atoms with van der Waals surface area (Å²) in [6.07, 6.45) is 0.0588. The van der Waals surface area contributed by atoms with Crippen LogP contribution in [0.4, 0.5) is 22.0 Å². The minimum atomic E-state index is -4.06. The molecule has 1 unspecified atom stereocenters. The molecule has 0 bridgehead atoms. The first-order valence-corrected chi connectivity index (χ1v) is 12.8. The average molecular weight is 573 g/mol. The van der Waals surface area contributed by atoms with Gasteiger partial charge in [-0.3, -0.25) is 9.59 Å². The Kier molecular flexibility index (Phi) is 9.52. The summed E-state index contributed by atoms with van der Waals surface area (Å²) < 4.78 is 65.0. The third kappa shape index (κ3) is 9.26. The van der Waals surface area contributed by atoms with Crippen LogP contribution in [0.5, 0.6) is 0 Å². The van der Waals surface area contributed by atoms with E-state index < -0.39 is 35.2 Å². The van der Waals surface area contributed by atoms with Crippen LogP contribution in [0.3, 0.4) is 0 Å². The summed E-state index contributed by atoms with van der Waals surface area (Å²) in [5, 5.41) is 12.4. The van der Waals surface area contributed by atoms with E-state index in [1.54, 1.807) is 19.1 Å². The first-order chi connectivity index (χ1) is 18.6. The Hall–Kier alpha value is -3.58. The fourth-order valence-electron chi connectivity index (χ4n) is 2.98. The van der Waals surface area contributed by atoms with E-state index in [0.29, 0.717) is 17.0 Å². The Bertz CT molecular complexity index is 1300. The number of nitrogens with one attached hydrogen (secondary N) is 3. The molecule has 3 N–H and O–H groups in total. The molecule has 9 nitrogen and oxygen atoms in total. The first-order valence-electron chi connectivity index (χ1n) is 12.8. The molecule has 3 aromatic rings. The molecule has 2 fully saturated rings. The Morgan fingerprint density at radius 2 is 1.70 bits per heavy atom. The fourth-order valence-corrected chi connectivity index (χ4v) is 2.98. The lowest BCUT2D eigenvalue weighted by atomic mass is 9.96. The van der Waals surface area contributed by atoms with Crippen LogP contribution >= 0.6 is 0 Å². The molecule has 2 saturated carbocycles. The summed E-state index contributed by atoms with van der Waals surface area (Å²) in [6, 6.07) is 5.38. The lowest BCUT2D eigenvalue weighted by molar-refractivity contribution is -0.204. The van der Waals surface area contributed by atoms with Gasteiger partial charge in [-0.2, -0.15) is 13.2 Å². The molecule has 220 valence electrons. The lowest BCUT2D eigenvalue weighted by Crippen LogP contribution is -2.28. The number of aromatic amines is 1. The summed E-state index contributed by atoms with van der Waals surface area (Å²) in [7, 11) is 0. The number of nitrogens with zero attached hydrogens (tertiary/aromatic N) is 3. The highest BCUT2D eigenvalue weighted by Crippen LogP contribution is 2.50. The molecule has 40 heavy (non-hydrogen) atoms. The molecule has 2 aliphatic rings. The number of H-pyrrole nitrogens is 1. The van der Waals surface area contributed by atoms with Crippen LogP contribution in [0.25, 0.3) is 11.0 Å². The van der Waals surface area contributed by atoms with Gasteiger partial charge in [0, 0.05) is 25.3 Å². The maximum absolute atomic E-state index is 12.9. The minimum absolute atomic E-state index is 0.114. The number of aromatic nitrogens is 4. The smallest absolute Gasteiger partial charge is 0.352 e. The molecule has 14 heteroatoms. The van der Waals surface area contributed by atoms with E-state index in [0.717, 1.165) is 31.9 Å². The monoisotopic (exact) mass is 572 g/mol. The number of amides is 2. The zero-order chi connectivity index (χ0) is 29.7. The van der Waals surface area contributed by atoms with Gasteiger partial charge in [-0.15, -0.1) is 0 Å². The largest absolute Gasteiger partial charge is 0.393 e. The van der Waals surface area contributed by atoms with Crippen molar-refractivity contribution in [2.75, 3.05) is 0 Å². The number of carbonyl (C=O) groups excluding carboxylic acids is 2. The number of hydrogen-bond donors (Lipinski definition) is 3. The second kappa shape index (κ2) is 12.3. The molecular weight excluding hydrogens is 539 g/mol. The standard InChI is InChI=1S/C18H18F2N6O3.C5H9F3.C3H6/c1-9-16(26-29-25-9)17(28)22-8-14-23-12-3-2-10(4-13(12)24-14)7-21-15(27)5-11-6-18(11,19)20;1-4(2,3)5(6,7)8;1-2-3-1/h2-4,11H,5-8H2,1H3,(H,21,27)(H,22,28)(H,23,24);1-3H3;1-3H2. The number of imidazole rings is 1. The average Bonchev–Trinajstić information content (AvgIpc) is 3.73. The molecule has 1 aromatic carbocycles. The molecule has 2 aliphatic carbocycles. The summed E-state index contributed by atoms with van der Waals surface area (Å²) in [4.78, 5) is 31.3. The molecule has 0 radical (unpaired) electrons. The van der Waals surface area contributed by atoms with Gasteiger partial charge >= 0.3 is 6.18 Å². The van der Waals surface area contributed by atoms with E-state index in [-0.39, 0.29) is 31.6 Å². The predicted molar refractivity (Wildman–Crippen MR) is 135 cm³/mol. The maximum atomic E-state index is 12.9. The van der Waals surface area contributed by atoms with Crippen molar-refractivity contribution in [1.82, 2.24) is 30.9 Å². The highest BCUT2D eigenvalue weighted by Gasteiger charge is 2.57. The van der Waals surface area contributed by atoms with Gasteiger partial charge < -0.3 is 15.6 Å². The van der Waals surface area contributed by atoms with Crippen LogP contribution in [0.15, 0.2) is 22.8 Å². The number of rotatable bonds is 7. The summed E-state index contributed by atoms with van der Waals surface area (Å²) in [5.41, 5.74) is 1.17. The Balaban J connectivity index is 0.000000337.